The fourth-order valence-electron chi connectivity index (χ4n) is 1.87. The van der Waals surface area contributed by atoms with E-state index in [2.05, 4.69) is 29.2 Å². The van der Waals surface area contributed by atoms with Crippen LogP contribution in [0.3, 0.4) is 0 Å². The van der Waals surface area contributed by atoms with E-state index in [1.165, 1.54) is 11.1 Å². The van der Waals surface area contributed by atoms with E-state index in [4.69, 9.17) is 5.73 Å². The first-order valence-electron chi connectivity index (χ1n) is 5.69. The van der Waals surface area contributed by atoms with Crippen LogP contribution in [0.15, 0.2) is 60.1 Å². The van der Waals surface area contributed by atoms with Gasteiger partial charge >= 0.3 is 0 Å². The molecule has 3 rings (SSSR count). The van der Waals surface area contributed by atoms with Gasteiger partial charge in [0.15, 0.2) is 0 Å². The van der Waals surface area contributed by atoms with E-state index >= 15 is 0 Å². The summed E-state index contributed by atoms with van der Waals surface area (Å²) in [5.74, 6) is 0. The lowest BCUT2D eigenvalue weighted by atomic mass is 10.0. The van der Waals surface area contributed by atoms with Gasteiger partial charge in [0.05, 0.1) is 0 Å². The second-order valence-corrected chi connectivity index (χ2v) is 4.93. The smallest absolute Gasteiger partial charge is 0.123 e. The number of rotatable bonds is 2. The predicted molar refractivity (Wildman–Crippen MR) is 77.4 cm³/mol. The standard InChI is InChI=1S/C15H12N2S/c16-14-6-4-11(5-7-14)12-2-1-3-13(10-12)15-17-8-9-18-15/h1-10H,16H2. The molecule has 0 bridgehead atoms. The van der Waals surface area contributed by atoms with Crippen LogP contribution >= 0.6 is 11.3 Å². The number of thiazole rings is 1. The molecule has 0 aliphatic heterocycles. The summed E-state index contributed by atoms with van der Waals surface area (Å²) in [5, 5.41) is 3.04. The second kappa shape index (κ2) is 4.63. The third kappa shape index (κ3) is 2.13. The van der Waals surface area contributed by atoms with E-state index < -0.39 is 0 Å². The minimum absolute atomic E-state index is 0.787. The quantitative estimate of drug-likeness (QED) is 0.698. The fraction of sp³-hybridized carbons (Fsp3) is 0. The highest BCUT2D eigenvalue weighted by molar-refractivity contribution is 7.13. The van der Waals surface area contributed by atoms with E-state index in [9.17, 15) is 0 Å². The third-order valence-corrected chi connectivity index (χ3v) is 3.61. The molecule has 1 aromatic heterocycles. The Hall–Kier alpha value is -2.13. The number of hydrogen-bond donors (Lipinski definition) is 1. The number of nitrogens with two attached hydrogens (primary N) is 1. The van der Waals surface area contributed by atoms with Crippen molar-refractivity contribution in [3.63, 3.8) is 0 Å². The van der Waals surface area contributed by atoms with Crippen molar-refractivity contribution in [2.45, 2.75) is 0 Å². The van der Waals surface area contributed by atoms with Gasteiger partial charge in [-0.05, 0) is 29.3 Å². The Kier molecular flexibility index (Phi) is 2.82. The summed E-state index contributed by atoms with van der Waals surface area (Å²) in [7, 11) is 0. The first-order chi connectivity index (χ1) is 8.83. The van der Waals surface area contributed by atoms with Gasteiger partial charge < -0.3 is 5.73 Å². The Labute approximate surface area is 110 Å². The van der Waals surface area contributed by atoms with E-state index in [1.54, 1.807) is 11.3 Å². The van der Waals surface area contributed by atoms with E-state index in [0.29, 0.717) is 0 Å². The molecule has 2 N–H and O–H groups in total. The Morgan fingerprint density at radius 1 is 0.889 bits per heavy atom. The molecular formula is C15H12N2S. The maximum absolute atomic E-state index is 5.70. The first-order valence-corrected chi connectivity index (χ1v) is 6.57. The van der Waals surface area contributed by atoms with Crippen LogP contribution in [0.25, 0.3) is 21.7 Å². The monoisotopic (exact) mass is 252 g/mol. The van der Waals surface area contributed by atoms with Crippen LogP contribution in [0.5, 0.6) is 0 Å². The van der Waals surface area contributed by atoms with Crippen LogP contribution in [-0.2, 0) is 0 Å². The molecule has 0 atom stereocenters. The third-order valence-electron chi connectivity index (χ3n) is 2.79. The molecule has 0 radical (unpaired) electrons. The highest BCUT2D eigenvalue weighted by Gasteiger charge is 2.03. The van der Waals surface area contributed by atoms with Crippen LogP contribution in [0.2, 0.25) is 0 Å². The lowest BCUT2D eigenvalue weighted by molar-refractivity contribution is 1.41. The van der Waals surface area contributed by atoms with Gasteiger partial charge in [-0.2, -0.15) is 0 Å². The number of benzene rings is 2. The Bertz CT molecular complexity index is 643. The van der Waals surface area contributed by atoms with Crippen molar-refractivity contribution >= 4 is 17.0 Å². The molecule has 0 spiro atoms. The van der Waals surface area contributed by atoms with Crippen LogP contribution < -0.4 is 5.73 Å². The molecule has 0 saturated heterocycles. The molecule has 0 unspecified atom stereocenters. The highest BCUT2D eigenvalue weighted by atomic mass is 32.1. The van der Waals surface area contributed by atoms with Crippen molar-refractivity contribution in [2.75, 3.05) is 5.73 Å². The van der Waals surface area contributed by atoms with Gasteiger partial charge in [-0.25, -0.2) is 4.98 Å². The molecule has 1 heterocycles. The summed E-state index contributed by atoms with van der Waals surface area (Å²) in [6.45, 7) is 0. The minimum atomic E-state index is 0.787. The summed E-state index contributed by atoms with van der Waals surface area (Å²) in [4.78, 5) is 4.33. The van der Waals surface area contributed by atoms with Crippen molar-refractivity contribution in [3.8, 4) is 21.7 Å². The second-order valence-electron chi connectivity index (χ2n) is 4.04. The zero-order valence-corrected chi connectivity index (χ0v) is 10.5. The Balaban J connectivity index is 2.03. The zero-order chi connectivity index (χ0) is 12.4. The maximum atomic E-state index is 5.70. The molecular weight excluding hydrogens is 240 g/mol. The fourth-order valence-corrected chi connectivity index (χ4v) is 2.51. The lowest BCUT2D eigenvalue weighted by Gasteiger charge is -2.04. The van der Waals surface area contributed by atoms with Crippen LogP contribution in [0.1, 0.15) is 0 Å². The van der Waals surface area contributed by atoms with Crippen molar-refractivity contribution in [2.24, 2.45) is 0 Å². The number of hydrogen-bond acceptors (Lipinski definition) is 3. The normalized spacial score (nSPS) is 10.4. The average Bonchev–Trinajstić information content (AvgIpc) is 2.94. The number of anilines is 1. The topological polar surface area (TPSA) is 38.9 Å². The van der Waals surface area contributed by atoms with Gasteiger partial charge in [-0.15, -0.1) is 11.3 Å². The van der Waals surface area contributed by atoms with Gasteiger partial charge in [0, 0.05) is 22.8 Å². The van der Waals surface area contributed by atoms with Crippen molar-refractivity contribution in [1.29, 1.82) is 0 Å². The Morgan fingerprint density at radius 2 is 1.67 bits per heavy atom. The SMILES string of the molecule is Nc1ccc(-c2cccc(-c3nccs3)c2)cc1. The van der Waals surface area contributed by atoms with Gasteiger partial charge in [-0.3, -0.25) is 0 Å². The number of aromatic nitrogens is 1. The van der Waals surface area contributed by atoms with Crippen molar-refractivity contribution < 1.29 is 0 Å². The molecule has 0 fully saturated rings. The number of nitrogens with zero attached hydrogens (tertiary/aromatic N) is 1. The maximum Gasteiger partial charge on any atom is 0.123 e. The van der Waals surface area contributed by atoms with Gasteiger partial charge in [-0.1, -0.05) is 30.3 Å². The molecule has 2 aromatic carbocycles. The average molecular weight is 252 g/mol. The van der Waals surface area contributed by atoms with E-state index in [0.717, 1.165) is 16.3 Å². The van der Waals surface area contributed by atoms with Crippen LogP contribution in [-0.4, -0.2) is 4.98 Å². The highest BCUT2D eigenvalue weighted by Crippen LogP contribution is 2.27. The summed E-state index contributed by atoms with van der Waals surface area (Å²) >= 11 is 1.65. The first kappa shape index (κ1) is 11.0. The molecule has 2 nitrogen and oxygen atoms in total. The molecule has 3 heteroatoms. The molecule has 0 saturated carbocycles. The predicted octanol–water partition coefficient (Wildman–Crippen LogP) is 4.06. The molecule has 0 amide bonds. The van der Waals surface area contributed by atoms with Crippen LogP contribution in [0.4, 0.5) is 5.69 Å². The molecule has 3 aromatic rings. The molecule has 0 aliphatic carbocycles. The Morgan fingerprint density at radius 3 is 2.39 bits per heavy atom. The molecule has 18 heavy (non-hydrogen) atoms. The van der Waals surface area contributed by atoms with Crippen molar-refractivity contribution in [3.05, 3.63) is 60.1 Å². The van der Waals surface area contributed by atoms with Gasteiger partial charge in [0.25, 0.3) is 0 Å². The van der Waals surface area contributed by atoms with Crippen molar-refractivity contribution in [1.82, 2.24) is 4.98 Å². The summed E-state index contributed by atoms with van der Waals surface area (Å²) in [6.07, 6.45) is 1.83. The van der Waals surface area contributed by atoms with Gasteiger partial charge in [0.1, 0.15) is 5.01 Å². The van der Waals surface area contributed by atoms with E-state index in [-0.39, 0.29) is 0 Å². The largest absolute Gasteiger partial charge is 0.399 e. The van der Waals surface area contributed by atoms with Gasteiger partial charge in [0.2, 0.25) is 0 Å². The minimum Gasteiger partial charge on any atom is -0.399 e. The summed E-state index contributed by atoms with van der Waals surface area (Å²) in [6, 6.07) is 16.3. The molecule has 88 valence electrons. The number of nitrogen functional groups attached to an aromatic ring is 1. The summed E-state index contributed by atoms with van der Waals surface area (Å²) < 4.78 is 0. The summed E-state index contributed by atoms with van der Waals surface area (Å²) in [5.41, 5.74) is 9.99. The molecule has 0 aliphatic rings. The zero-order valence-electron chi connectivity index (χ0n) is 9.71. The van der Waals surface area contributed by atoms with Crippen LogP contribution in [0, 0.1) is 0 Å². The lowest BCUT2D eigenvalue weighted by Crippen LogP contribution is -1.84. The van der Waals surface area contributed by atoms with E-state index in [1.807, 2.05) is 35.8 Å².